The minimum absolute atomic E-state index is 0.240. The van der Waals surface area contributed by atoms with Crippen molar-refractivity contribution in [3.8, 4) is 5.75 Å². The first kappa shape index (κ1) is 17.5. The Labute approximate surface area is 153 Å². The highest BCUT2D eigenvalue weighted by molar-refractivity contribution is 8.18. The van der Waals surface area contributed by atoms with Crippen molar-refractivity contribution in [2.75, 3.05) is 6.61 Å². The lowest BCUT2D eigenvalue weighted by atomic mass is 10.2. The number of carbonyl (C=O) groups excluding carboxylic acids is 1. The van der Waals surface area contributed by atoms with Gasteiger partial charge in [-0.05, 0) is 66.7 Å². The van der Waals surface area contributed by atoms with Crippen LogP contribution in [0.15, 0.2) is 52.4 Å². The van der Waals surface area contributed by atoms with Gasteiger partial charge in [-0.2, -0.15) is 0 Å². The molecule has 1 amide bonds. The number of benzene rings is 2. The van der Waals surface area contributed by atoms with Crippen LogP contribution in [0.3, 0.4) is 0 Å². The minimum Gasteiger partial charge on any atom is -0.492 e. The number of rotatable bonds is 4. The largest absolute Gasteiger partial charge is 0.492 e. The van der Waals surface area contributed by atoms with E-state index in [0.29, 0.717) is 33.1 Å². The summed E-state index contributed by atoms with van der Waals surface area (Å²) in [6, 6.07) is 11.1. The second-order valence-electron chi connectivity index (χ2n) is 5.08. The lowest BCUT2D eigenvalue weighted by molar-refractivity contribution is -0.115. The molecule has 1 N–H and O–H groups in total. The highest BCUT2D eigenvalue weighted by atomic mass is 35.5. The first-order valence-corrected chi connectivity index (χ1v) is 8.72. The van der Waals surface area contributed by atoms with Crippen molar-refractivity contribution in [1.29, 1.82) is 0 Å². The van der Waals surface area contributed by atoms with E-state index in [1.807, 2.05) is 13.0 Å². The van der Waals surface area contributed by atoms with Crippen LogP contribution in [0.4, 0.5) is 10.1 Å². The van der Waals surface area contributed by atoms with Gasteiger partial charge in [-0.1, -0.05) is 17.7 Å². The van der Waals surface area contributed by atoms with Gasteiger partial charge in [-0.15, -0.1) is 0 Å². The van der Waals surface area contributed by atoms with Crippen molar-refractivity contribution >= 4 is 46.2 Å². The zero-order valence-corrected chi connectivity index (χ0v) is 14.8. The Morgan fingerprint density at radius 1 is 1.28 bits per heavy atom. The quantitative estimate of drug-likeness (QED) is 0.782. The van der Waals surface area contributed by atoms with Crippen LogP contribution < -0.4 is 10.1 Å². The molecule has 0 atom stereocenters. The fraction of sp³-hybridized carbons (Fsp3) is 0.111. The molecule has 128 valence electrons. The summed E-state index contributed by atoms with van der Waals surface area (Å²) in [4.78, 5) is 16.9. The number of hydrogen-bond donors (Lipinski definition) is 1. The molecule has 0 aromatic heterocycles. The fourth-order valence-corrected chi connectivity index (χ4v) is 3.23. The van der Waals surface area contributed by atoms with E-state index in [-0.39, 0.29) is 11.7 Å². The molecular weight excluding hydrogens is 363 g/mol. The summed E-state index contributed by atoms with van der Waals surface area (Å²) in [5, 5.41) is 3.62. The van der Waals surface area contributed by atoms with Crippen LogP contribution in [0.1, 0.15) is 12.5 Å². The number of carbonyl (C=O) groups is 1. The molecule has 7 heteroatoms. The summed E-state index contributed by atoms with van der Waals surface area (Å²) in [6.45, 7) is 2.41. The van der Waals surface area contributed by atoms with Gasteiger partial charge in [0.2, 0.25) is 0 Å². The molecule has 0 unspecified atom stereocenters. The van der Waals surface area contributed by atoms with E-state index in [9.17, 15) is 9.18 Å². The smallest absolute Gasteiger partial charge is 0.264 e. The topological polar surface area (TPSA) is 50.7 Å². The Kier molecular flexibility index (Phi) is 5.40. The van der Waals surface area contributed by atoms with E-state index >= 15 is 0 Å². The molecule has 0 spiro atoms. The highest BCUT2D eigenvalue weighted by Crippen LogP contribution is 2.31. The van der Waals surface area contributed by atoms with Crippen LogP contribution >= 0.6 is 23.4 Å². The van der Waals surface area contributed by atoms with E-state index < -0.39 is 0 Å². The number of amidine groups is 1. The van der Waals surface area contributed by atoms with Crippen LogP contribution in [-0.4, -0.2) is 17.7 Å². The van der Waals surface area contributed by atoms with E-state index in [1.165, 1.54) is 23.9 Å². The van der Waals surface area contributed by atoms with Gasteiger partial charge in [-0.25, -0.2) is 9.38 Å². The molecule has 2 aromatic rings. The molecule has 3 rings (SSSR count). The number of nitrogens with zero attached hydrogens (tertiary/aromatic N) is 1. The van der Waals surface area contributed by atoms with Crippen LogP contribution in [0.2, 0.25) is 5.02 Å². The Hall–Kier alpha value is -2.31. The number of ether oxygens (including phenoxy) is 1. The van der Waals surface area contributed by atoms with Crippen molar-refractivity contribution in [2.24, 2.45) is 4.99 Å². The van der Waals surface area contributed by atoms with Crippen LogP contribution in [0.5, 0.6) is 5.75 Å². The van der Waals surface area contributed by atoms with Gasteiger partial charge in [0.05, 0.1) is 22.2 Å². The van der Waals surface area contributed by atoms with Crippen LogP contribution in [0.25, 0.3) is 6.08 Å². The standard InChI is InChI=1S/C18H14ClFN2O2S/c1-2-24-15-8-3-11(9-14(15)19)10-16-17(23)22-18(25-16)21-13-6-4-12(20)5-7-13/h3-10H,2H2,1H3,(H,21,22,23). The van der Waals surface area contributed by atoms with Crippen LogP contribution in [0, 0.1) is 5.82 Å². The fourth-order valence-electron chi connectivity index (χ4n) is 2.14. The Morgan fingerprint density at radius 3 is 2.72 bits per heavy atom. The summed E-state index contributed by atoms with van der Waals surface area (Å²) in [6.07, 6.45) is 1.73. The normalized spacial score (nSPS) is 17.2. The summed E-state index contributed by atoms with van der Waals surface area (Å²) >= 11 is 7.38. The second-order valence-corrected chi connectivity index (χ2v) is 6.52. The molecular formula is C18H14ClFN2O2S. The molecule has 1 aliphatic heterocycles. The number of halogens is 2. The van der Waals surface area contributed by atoms with Gasteiger partial charge < -0.3 is 10.1 Å². The molecule has 0 bridgehead atoms. The Bertz CT molecular complexity index is 866. The summed E-state index contributed by atoms with van der Waals surface area (Å²) in [7, 11) is 0. The zero-order chi connectivity index (χ0) is 17.8. The molecule has 1 heterocycles. The van der Waals surface area contributed by atoms with E-state index in [2.05, 4.69) is 10.3 Å². The van der Waals surface area contributed by atoms with Crippen molar-refractivity contribution in [3.63, 3.8) is 0 Å². The molecule has 1 fully saturated rings. The van der Waals surface area contributed by atoms with E-state index in [1.54, 1.807) is 30.3 Å². The van der Waals surface area contributed by atoms with Crippen LogP contribution in [-0.2, 0) is 4.79 Å². The van der Waals surface area contributed by atoms with Gasteiger partial charge in [0.15, 0.2) is 5.17 Å². The summed E-state index contributed by atoms with van der Waals surface area (Å²) in [5.74, 6) is 0.0318. The summed E-state index contributed by atoms with van der Waals surface area (Å²) in [5.41, 5.74) is 1.35. The average Bonchev–Trinajstić information content (AvgIpc) is 2.92. The SMILES string of the molecule is CCOc1ccc(C=C2SC(=Nc3ccc(F)cc3)NC2=O)cc1Cl. The van der Waals surface area contributed by atoms with E-state index in [4.69, 9.17) is 16.3 Å². The molecule has 0 aliphatic carbocycles. The van der Waals surface area contributed by atoms with Gasteiger partial charge >= 0.3 is 0 Å². The molecule has 0 saturated carbocycles. The molecule has 1 saturated heterocycles. The predicted octanol–water partition coefficient (Wildman–Crippen LogP) is 4.77. The first-order valence-electron chi connectivity index (χ1n) is 7.52. The van der Waals surface area contributed by atoms with Crippen molar-refractivity contribution in [3.05, 3.63) is 63.8 Å². The maximum absolute atomic E-state index is 12.9. The van der Waals surface area contributed by atoms with Crippen molar-refractivity contribution in [1.82, 2.24) is 5.32 Å². The average molecular weight is 377 g/mol. The molecule has 25 heavy (non-hydrogen) atoms. The third kappa shape index (κ3) is 4.41. The van der Waals surface area contributed by atoms with Crippen molar-refractivity contribution < 1.29 is 13.9 Å². The number of thioether (sulfide) groups is 1. The first-order chi connectivity index (χ1) is 12.0. The summed E-state index contributed by atoms with van der Waals surface area (Å²) < 4.78 is 18.3. The number of aliphatic imine (C=N–C) groups is 1. The lowest BCUT2D eigenvalue weighted by Crippen LogP contribution is -2.19. The molecule has 4 nitrogen and oxygen atoms in total. The van der Waals surface area contributed by atoms with Gasteiger partial charge in [0.1, 0.15) is 11.6 Å². The molecule has 1 aliphatic rings. The van der Waals surface area contributed by atoms with Gasteiger partial charge in [0, 0.05) is 0 Å². The number of hydrogen-bond acceptors (Lipinski definition) is 4. The van der Waals surface area contributed by atoms with Gasteiger partial charge in [-0.3, -0.25) is 4.79 Å². The van der Waals surface area contributed by atoms with Crippen molar-refractivity contribution in [2.45, 2.75) is 6.92 Å². The van der Waals surface area contributed by atoms with E-state index in [0.717, 1.165) is 5.56 Å². The Morgan fingerprint density at radius 2 is 2.04 bits per heavy atom. The second kappa shape index (κ2) is 7.72. The number of amides is 1. The monoisotopic (exact) mass is 376 g/mol. The lowest BCUT2D eigenvalue weighted by Gasteiger charge is -2.05. The highest BCUT2D eigenvalue weighted by Gasteiger charge is 2.23. The maximum Gasteiger partial charge on any atom is 0.264 e. The predicted molar refractivity (Wildman–Crippen MR) is 99.8 cm³/mol. The zero-order valence-electron chi connectivity index (χ0n) is 13.3. The Balaban J connectivity index is 1.79. The third-order valence-corrected chi connectivity index (χ3v) is 4.47. The maximum atomic E-state index is 12.9. The molecule has 0 radical (unpaired) electrons. The third-order valence-electron chi connectivity index (χ3n) is 3.26. The van der Waals surface area contributed by atoms with Gasteiger partial charge in [0.25, 0.3) is 5.91 Å². The molecule has 2 aromatic carbocycles. The number of nitrogens with one attached hydrogen (secondary N) is 1. The minimum atomic E-state index is -0.333.